The van der Waals surface area contributed by atoms with E-state index in [4.69, 9.17) is 13.9 Å². The second-order valence-corrected chi connectivity index (χ2v) is 3.46. The van der Waals surface area contributed by atoms with Crippen molar-refractivity contribution in [3.8, 4) is 11.8 Å². The molecule has 0 atom stereocenters. The maximum absolute atomic E-state index is 11.3. The van der Waals surface area contributed by atoms with Crippen molar-refractivity contribution in [3.63, 3.8) is 0 Å². The SMILES string of the molecule is CCOC(=O)c1coc(Oc2ccc(C)nc2)n1. The van der Waals surface area contributed by atoms with Crippen molar-refractivity contribution in [3.05, 3.63) is 36.0 Å². The predicted molar refractivity (Wildman–Crippen MR) is 61.5 cm³/mol. The first-order valence-electron chi connectivity index (χ1n) is 5.42. The fourth-order valence-corrected chi connectivity index (χ4v) is 1.22. The summed E-state index contributed by atoms with van der Waals surface area (Å²) in [7, 11) is 0. The number of hydrogen-bond acceptors (Lipinski definition) is 6. The van der Waals surface area contributed by atoms with Gasteiger partial charge in [0, 0.05) is 5.69 Å². The zero-order valence-electron chi connectivity index (χ0n) is 10.0. The van der Waals surface area contributed by atoms with Crippen LogP contribution in [0.1, 0.15) is 23.1 Å². The van der Waals surface area contributed by atoms with Crippen LogP contribution >= 0.6 is 0 Å². The number of carbonyl (C=O) groups excluding carboxylic acids is 1. The molecule has 0 aliphatic heterocycles. The minimum Gasteiger partial charge on any atom is -0.461 e. The van der Waals surface area contributed by atoms with Crippen LogP contribution in [-0.4, -0.2) is 22.5 Å². The third-order valence-corrected chi connectivity index (χ3v) is 2.06. The van der Waals surface area contributed by atoms with Gasteiger partial charge in [-0.2, -0.15) is 4.98 Å². The van der Waals surface area contributed by atoms with Crippen molar-refractivity contribution in [2.24, 2.45) is 0 Å². The summed E-state index contributed by atoms with van der Waals surface area (Å²) in [5.41, 5.74) is 0.953. The summed E-state index contributed by atoms with van der Waals surface area (Å²) in [6.07, 6.45) is 2.71. The van der Waals surface area contributed by atoms with Gasteiger partial charge in [0.25, 0.3) is 0 Å². The van der Waals surface area contributed by atoms with Gasteiger partial charge in [0.1, 0.15) is 6.26 Å². The minimum atomic E-state index is -0.543. The maximum Gasteiger partial charge on any atom is 0.399 e. The molecule has 0 fully saturated rings. The molecule has 0 aromatic carbocycles. The summed E-state index contributed by atoms with van der Waals surface area (Å²) < 4.78 is 15.1. The van der Waals surface area contributed by atoms with E-state index < -0.39 is 5.97 Å². The summed E-state index contributed by atoms with van der Waals surface area (Å²) in [6.45, 7) is 3.87. The Morgan fingerprint density at radius 3 is 2.94 bits per heavy atom. The molecule has 18 heavy (non-hydrogen) atoms. The molecule has 2 aromatic rings. The zero-order valence-corrected chi connectivity index (χ0v) is 10.0. The molecule has 2 rings (SSSR count). The Hall–Kier alpha value is -2.37. The number of rotatable bonds is 4. The van der Waals surface area contributed by atoms with Gasteiger partial charge in [-0.3, -0.25) is 4.98 Å². The first-order chi connectivity index (χ1) is 8.69. The van der Waals surface area contributed by atoms with Gasteiger partial charge in [0.15, 0.2) is 11.4 Å². The lowest BCUT2D eigenvalue weighted by Gasteiger charge is -1.99. The molecule has 0 saturated carbocycles. The van der Waals surface area contributed by atoms with Crippen molar-refractivity contribution < 1.29 is 18.7 Å². The highest BCUT2D eigenvalue weighted by Gasteiger charge is 2.14. The molecule has 0 amide bonds. The number of hydrogen-bond donors (Lipinski definition) is 0. The summed E-state index contributed by atoms with van der Waals surface area (Å²) in [6, 6.07) is 3.53. The zero-order chi connectivity index (χ0) is 13.0. The fraction of sp³-hybridized carbons (Fsp3) is 0.250. The Morgan fingerprint density at radius 2 is 2.28 bits per heavy atom. The van der Waals surface area contributed by atoms with Crippen molar-refractivity contribution >= 4 is 5.97 Å². The molecule has 0 N–H and O–H groups in total. The quantitative estimate of drug-likeness (QED) is 0.773. The van der Waals surface area contributed by atoms with E-state index in [9.17, 15) is 4.79 Å². The van der Waals surface area contributed by atoms with Gasteiger partial charge in [0.2, 0.25) is 0 Å². The standard InChI is InChI=1S/C12H12N2O4/c1-3-16-11(15)10-7-17-12(14-10)18-9-5-4-8(2)13-6-9/h4-7H,3H2,1-2H3. The molecule has 6 nitrogen and oxygen atoms in total. The normalized spacial score (nSPS) is 10.1. The van der Waals surface area contributed by atoms with E-state index >= 15 is 0 Å². The summed E-state index contributed by atoms with van der Waals surface area (Å²) in [5, 5.41) is 0. The summed E-state index contributed by atoms with van der Waals surface area (Å²) in [4.78, 5) is 19.3. The van der Waals surface area contributed by atoms with E-state index in [0.29, 0.717) is 5.75 Å². The number of carbonyl (C=O) groups is 1. The van der Waals surface area contributed by atoms with Gasteiger partial charge in [-0.05, 0) is 26.0 Å². The number of esters is 1. The number of aryl methyl sites for hydroxylation is 1. The summed E-state index contributed by atoms with van der Waals surface area (Å²) in [5.74, 6) is -0.0593. The largest absolute Gasteiger partial charge is 0.461 e. The van der Waals surface area contributed by atoms with Crippen LogP contribution < -0.4 is 4.74 Å². The Bertz CT molecular complexity index is 533. The molecule has 0 aliphatic rings. The maximum atomic E-state index is 11.3. The van der Waals surface area contributed by atoms with E-state index in [1.54, 1.807) is 25.3 Å². The molecule has 0 unspecified atom stereocenters. The van der Waals surface area contributed by atoms with Crippen LogP contribution in [0.4, 0.5) is 0 Å². The molecule has 6 heteroatoms. The Morgan fingerprint density at radius 1 is 1.44 bits per heavy atom. The second kappa shape index (κ2) is 5.31. The first kappa shape index (κ1) is 12.1. The fourth-order valence-electron chi connectivity index (χ4n) is 1.22. The number of aromatic nitrogens is 2. The van der Waals surface area contributed by atoms with Crippen LogP contribution in [0.3, 0.4) is 0 Å². The number of oxazole rings is 1. The Labute approximate surface area is 104 Å². The average Bonchev–Trinajstić information content (AvgIpc) is 2.81. The minimum absolute atomic E-state index is 0.0243. The Balaban J connectivity index is 2.06. The molecule has 0 spiro atoms. The van der Waals surface area contributed by atoms with E-state index in [2.05, 4.69) is 9.97 Å². The highest BCUT2D eigenvalue weighted by Crippen LogP contribution is 2.20. The topological polar surface area (TPSA) is 74.5 Å². The van der Waals surface area contributed by atoms with Gasteiger partial charge < -0.3 is 13.9 Å². The van der Waals surface area contributed by atoms with Gasteiger partial charge in [-0.15, -0.1) is 0 Å². The van der Waals surface area contributed by atoms with Crippen LogP contribution in [0.25, 0.3) is 0 Å². The molecule has 0 bridgehead atoms. The lowest BCUT2D eigenvalue weighted by atomic mass is 10.4. The van der Waals surface area contributed by atoms with E-state index in [0.717, 1.165) is 5.69 Å². The number of pyridine rings is 1. The molecular weight excluding hydrogens is 236 g/mol. The third-order valence-electron chi connectivity index (χ3n) is 2.06. The van der Waals surface area contributed by atoms with Gasteiger partial charge in [-0.1, -0.05) is 0 Å². The van der Waals surface area contributed by atoms with Crippen LogP contribution in [-0.2, 0) is 4.74 Å². The molecule has 2 aromatic heterocycles. The van der Waals surface area contributed by atoms with Gasteiger partial charge in [-0.25, -0.2) is 4.79 Å². The van der Waals surface area contributed by atoms with Crippen LogP contribution in [0, 0.1) is 6.92 Å². The lowest BCUT2D eigenvalue weighted by molar-refractivity contribution is 0.0519. The van der Waals surface area contributed by atoms with Crippen molar-refractivity contribution in [2.75, 3.05) is 6.61 Å². The van der Waals surface area contributed by atoms with Crippen LogP contribution in [0.2, 0.25) is 0 Å². The molecule has 0 saturated heterocycles. The first-order valence-corrected chi connectivity index (χ1v) is 5.42. The Kier molecular flexibility index (Phi) is 3.57. The molecular formula is C12H12N2O4. The van der Waals surface area contributed by atoms with Gasteiger partial charge in [0.05, 0.1) is 12.8 Å². The summed E-state index contributed by atoms with van der Waals surface area (Å²) >= 11 is 0. The van der Waals surface area contributed by atoms with Crippen molar-refractivity contribution in [1.82, 2.24) is 9.97 Å². The van der Waals surface area contributed by atoms with E-state index in [1.807, 2.05) is 6.92 Å². The van der Waals surface area contributed by atoms with Crippen molar-refractivity contribution in [1.29, 1.82) is 0 Å². The van der Waals surface area contributed by atoms with E-state index in [1.165, 1.54) is 6.26 Å². The molecule has 0 aliphatic carbocycles. The van der Waals surface area contributed by atoms with Gasteiger partial charge >= 0.3 is 12.0 Å². The molecule has 2 heterocycles. The second-order valence-electron chi connectivity index (χ2n) is 3.46. The smallest absolute Gasteiger partial charge is 0.399 e. The van der Waals surface area contributed by atoms with Crippen LogP contribution in [0.5, 0.6) is 11.8 Å². The lowest BCUT2D eigenvalue weighted by Crippen LogP contribution is -2.04. The predicted octanol–water partition coefficient (Wildman–Crippen LogP) is 2.35. The average molecular weight is 248 g/mol. The molecule has 94 valence electrons. The van der Waals surface area contributed by atoms with E-state index in [-0.39, 0.29) is 18.4 Å². The number of nitrogens with zero attached hydrogens (tertiary/aromatic N) is 2. The highest BCUT2D eigenvalue weighted by molar-refractivity contribution is 5.86. The monoisotopic (exact) mass is 248 g/mol. The molecule has 0 radical (unpaired) electrons. The highest BCUT2D eigenvalue weighted by atomic mass is 16.6. The number of ether oxygens (including phenoxy) is 2. The third kappa shape index (κ3) is 2.85. The van der Waals surface area contributed by atoms with Crippen LogP contribution in [0.15, 0.2) is 29.0 Å². The van der Waals surface area contributed by atoms with Crippen molar-refractivity contribution in [2.45, 2.75) is 13.8 Å².